The molecule has 3 N–H and O–H groups in total. The highest BCUT2D eigenvalue weighted by atomic mass is 16.4. The largest absolute Gasteiger partial charge is 0.481 e. The number of rotatable bonds is 7. The lowest BCUT2D eigenvalue weighted by Gasteiger charge is -2.38. The molecular weight excluding hydrogens is 244 g/mol. The molecule has 5 heteroatoms. The predicted octanol–water partition coefficient (Wildman–Crippen LogP) is 1.53. The predicted molar refractivity (Wildman–Crippen MR) is 73.9 cm³/mol. The Kier molecular flexibility index (Phi) is 6.28. The Balaban J connectivity index is 2.18. The quantitative estimate of drug-likeness (QED) is 0.613. The summed E-state index contributed by atoms with van der Waals surface area (Å²) in [6.07, 6.45) is 4.76. The fraction of sp³-hybridized carbons (Fsp3) is 0.857. The van der Waals surface area contributed by atoms with Crippen LogP contribution in [0.5, 0.6) is 0 Å². The SMILES string of the molecule is CC1(C)CCCNC1C(=O)NCCCCCC(=O)O. The van der Waals surface area contributed by atoms with Crippen LogP contribution in [0.3, 0.4) is 0 Å². The highest BCUT2D eigenvalue weighted by Gasteiger charge is 2.36. The average Bonchev–Trinajstić information content (AvgIpc) is 2.32. The molecule has 110 valence electrons. The van der Waals surface area contributed by atoms with Crippen LogP contribution in [0.2, 0.25) is 0 Å². The number of hydrogen-bond acceptors (Lipinski definition) is 3. The number of unbranched alkanes of at least 4 members (excludes halogenated alkanes) is 2. The molecule has 0 aromatic rings. The zero-order valence-electron chi connectivity index (χ0n) is 12.0. The van der Waals surface area contributed by atoms with Gasteiger partial charge < -0.3 is 15.7 Å². The Morgan fingerprint density at radius 2 is 2.05 bits per heavy atom. The highest BCUT2D eigenvalue weighted by Crippen LogP contribution is 2.29. The molecule has 1 heterocycles. The second kappa shape index (κ2) is 7.48. The second-order valence-electron chi connectivity index (χ2n) is 5.97. The summed E-state index contributed by atoms with van der Waals surface area (Å²) in [4.78, 5) is 22.4. The Bertz CT molecular complexity index is 316. The number of amides is 1. The van der Waals surface area contributed by atoms with Gasteiger partial charge in [-0.25, -0.2) is 0 Å². The molecule has 1 fully saturated rings. The van der Waals surface area contributed by atoms with Gasteiger partial charge in [0.15, 0.2) is 0 Å². The molecule has 1 aliphatic heterocycles. The molecule has 1 unspecified atom stereocenters. The van der Waals surface area contributed by atoms with Gasteiger partial charge in [0, 0.05) is 13.0 Å². The zero-order valence-corrected chi connectivity index (χ0v) is 12.0. The minimum absolute atomic E-state index is 0.00560. The standard InChI is InChI=1S/C14H26N2O3/c1-14(2)8-6-10-15-12(14)13(19)16-9-5-3-4-7-11(17)18/h12,15H,3-10H2,1-2H3,(H,16,19)(H,17,18). The van der Waals surface area contributed by atoms with E-state index in [1.807, 2.05) is 0 Å². The van der Waals surface area contributed by atoms with Gasteiger partial charge in [-0.05, 0) is 37.6 Å². The van der Waals surface area contributed by atoms with Gasteiger partial charge in [-0.1, -0.05) is 20.3 Å². The van der Waals surface area contributed by atoms with E-state index in [-0.39, 0.29) is 23.8 Å². The normalized spacial score (nSPS) is 21.9. The summed E-state index contributed by atoms with van der Waals surface area (Å²) >= 11 is 0. The van der Waals surface area contributed by atoms with Crippen LogP contribution in [0.25, 0.3) is 0 Å². The van der Waals surface area contributed by atoms with Crippen molar-refractivity contribution in [1.82, 2.24) is 10.6 Å². The first-order valence-corrected chi connectivity index (χ1v) is 7.16. The van der Waals surface area contributed by atoms with E-state index in [1.165, 1.54) is 0 Å². The van der Waals surface area contributed by atoms with E-state index in [1.54, 1.807) is 0 Å². The van der Waals surface area contributed by atoms with E-state index >= 15 is 0 Å². The zero-order chi connectivity index (χ0) is 14.3. The number of aliphatic carboxylic acids is 1. The molecule has 1 amide bonds. The first-order chi connectivity index (χ1) is 8.93. The molecular formula is C14H26N2O3. The van der Waals surface area contributed by atoms with Crippen molar-refractivity contribution < 1.29 is 14.7 Å². The van der Waals surface area contributed by atoms with Crippen LogP contribution in [-0.4, -0.2) is 36.1 Å². The fourth-order valence-electron chi connectivity index (χ4n) is 2.55. The third kappa shape index (κ3) is 5.59. The van der Waals surface area contributed by atoms with E-state index < -0.39 is 5.97 Å². The maximum atomic E-state index is 12.1. The van der Waals surface area contributed by atoms with Crippen molar-refractivity contribution in [3.63, 3.8) is 0 Å². The summed E-state index contributed by atoms with van der Waals surface area (Å²) in [5.41, 5.74) is 0.00560. The molecule has 1 aliphatic rings. The number of hydrogen-bond donors (Lipinski definition) is 3. The molecule has 0 aliphatic carbocycles. The Morgan fingerprint density at radius 1 is 1.32 bits per heavy atom. The van der Waals surface area contributed by atoms with Gasteiger partial charge in [0.05, 0.1) is 6.04 Å². The monoisotopic (exact) mass is 270 g/mol. The molecule has 0 bridgehead atoms. The minimum Gasteiger partial charge on any atom is -0.481 e. The van der Waals surface area contributed by atoms with Crippen LogP contribution in [0.15, 0.2) is 0 Å². The first-order valence-electron chi connectivity index (χ1n) is 7.16. The van der Waals surface area contributed by atoms with Crippen LogP contribution >= 0.6 is 0 Å². The first kappa shape index (κ1) is 16.0. The molecule has 0 aromatic carbocycles. The number of carboxylic acids is 1. The topological polar surface area (TPSA) is 78.4 Å². The molecule has 0 spiro atoms. The molecule has 0 saturated carbocycles. The van der Waals surface area contributed by atoms with E-state index in [0.717, 1.165) is 32.2 Å². The number of nitrogens with one attached hydrogen (secondary N) is 2. The molecule has 1 atom stereocenters. The summed E-state index contributed by atoms with van der Waals surface area (Å²) in [6.45, 7) is 5.78. The third-order valence-electron chi connectivity index (χ3n) is 3.76. The van der Waals surface area contributed by atoms with Gasteiger partial charge in [-0.2, -0.15) is 0 Å². The summed E-state index contributed by atoms with van der Waals surface area (Å²) in [5, 5.41) is 14.7. The Morgan fingerprint density at radius 3 is 2.68 bits per heavy atom. The molecule has 0 radical (unpaired) electrons. The van der Waals surface area contributed by atoms with Gasteiger partial charge >= 0.3 is 5.97 Å². The molecule has 5 nitrogen and oxygen atoms in total. The van der Waals surface area contributed by atoms with Crippen molar-refractivity contribution in [3.05, 3.63) is 0 Å². The number of piperidine rings is 1. The van der Waals surface area contributed by atoms with Crippen LogP contribution in [0.1, 0.15) is 52.4 Å². The lowest BCUT2D eigenvalue weighted by Crippen LogP contribution is -2.55. The van der Waals surface area contributed by atoms with Crippen molar-refractivity contribution in [2.75, 3.05) is 13.1 Å². The second-order valence-corrected chi connectivity index (χ2v) is 5.97. The van der Waals surface area contributed by atoms with Gasteiger partial charge in [0.25, 0.3) is 0 Å². The Labute approximate surface area is 115 Å². The van der Waals surface area contributed by atoms with Crippen LogP contribution in [-0.2, 0) is 9.59 Å². The fourth-order valence-corrected chi connectivity index (χ4v) is 2.55. The maximum absolute atomic E-state index is 12.1. The van der Waals surface area contributed by atoms with Crippen molar-refractivity contribution in [3.8, 4) is 0 Å². The van der Waals surface area contributed by atoms with Gasteiger partial charge in [0.2, 0.25) is 5.91 Å². The lowest BCUT2D eigenvalue weighted by molar-refractivity contribution is -0.137. The van der Waals surface area contributed by atoms with Crippen molar-refractivity contribution in [1.29, 1.82) is 0 Å². The van der Waals surface area contributed by atoms with Crippen molar-refractivity contribution >= 4 is 11.9 Å². The van der Waals surface area contributed by atoms with Crippen molar-refractivity contribution in [2.45, 2.75) is 58.4 Å². The summed E-state index contributed by atoms with van der Waals surface area (Å²) in [6, 6.07) is -0.111. The smallest absolute Gasteiger partial charge is 0.303 e. The van der Waals surface area contributed by atoms with Gasteiger partial charge in [-0.3, -0.25) is 9.59 Å². The molecule has 1 rings (SSSR count). The number of carbonyl (C=O) groups excluding carboxylic acids is 1. The number of carboxylic acid groups (broad SMARTS) is 1. The van der Waals surface area contributed by atoms with E-state index in [9.17, 15) is 9.59 Å². The number of carbonyl (C=O) groups is 2. The van der Waals surface area contributed by atoms with Crippen LogP contribution in [0.4, 0.5) is 0 Å². The summed E-state index contributed by atoms with van der Waals surface area (Å²) < 4.78 is 0. The summed E-state index contributed by atoms with van der Waals surface area (Å²) in [7, 11) is 0. The summed E-state index contributed by atoms with van der Waals surface area (Å²) in [5.74, 6) is -0.680. The average molecular weight is 270 g/mol. The Hall–Kier alpha value is -1.10. The molecule has 0 aromatic heterocycles. The van der Waals surface area contributed by atoms with E-state index in [0.29, 0.717) is 13.0 Å². The highest BCUT2D eigenvalue weighted by molar-refractivity contribution is 5.82. The van der Waals surface area contributed by atoms with E-state index in [2.05, 4.69) is 24.5 Å². The minimum atomic E-state index is -0.753. The van der Waals surface area contributed by atoms with Crippen LogP contribution in [0, 0.1) is 5.41 Å². The molecule has 19 heavy (non-hydrogen) atoms. The maximum Gasteiger partial charge on any atom is 0.303 e. The molecule has 1 saturated heterocycles. The van der Waals surface area contributed by atoms with E-state index in [4.69, 9.17) is 5.11 Å². The van der Waals surface area contributed by atoms with Crippen LogP contribution < -0.4 is 10.6 Å². The lowest BCUT2D eigenvalue weighted by atomic mass is 9.77. The van der Waals surface area contributed by atoms with Gasteiger partial charge in [-0.15, -0.1) is 0 Å². The third-order valence-corrected chi connectivity index (χ3v) is 3.76. The van der Waals surface area contributed by atoms with Gasteiger partial charge in [0.1, 0.15) is 0 Å². The van der Waals surface area contributed by atoms with Crippen molar-refractivity contribution in [2.24, 2.45) is 5.41 Å².